The first-order valence-corrected chi connectivity index (χ1v) is 4.84. The molecule has 0 aromatic heterocycles. The fourth-order valence-electron chi connectivity index (χ4n) is 1.49. The Morgan fingerprint density at radius 2 is 2.00 bits per heavy atom. The lowest BCUT2D eigenvalue weighted by molar-refractivity contribution is -0.141. The number of carboxylic acid groups (broad SMARTS) is 1. The lowest BCUT2D eigenvalue weighted by Crippen LogP contribution is -2.43. The minimum atomic E-state index is -1.00. The van der Waals surface area contributed by atoms with E-state index in [9.17, 15) is 9.59 Å². The van der Waals surface area contributed by atoms with Crippen molar-refractivity contribution in [2.24, 2.45) is 0 Å². The molecule has 1 atom stereocenters. The second kappa shape index (κ2) is 4.95. The van der Waals surface area contributed by atoms with E-state index in [1.807, 2.05) is 4.90 Å². The smallest absolute Gasteiger partial charge is 0.325 e. The summed E-state index contributed by atoms with van der Waals surface area (Å²) in [6, 6.07) is -0.801. The fourth-order valence-corrected chi connectivity index (χ4v) is 1.49. The first-order chi connectivity index (χ1) is 6.59. The third-order valence-corrected chi connectivity index (χ3v) is 2.31. The highest BCUT2D eigenvalue weighted by atomic mass is 16.4. The standard InChI is InChI=1S/C9H16N2O3/c1-7(9(13)14)10-8(12)6-11-4-2-3-5-11/h7H,2-6H2,1H3,(H,10,12)(H,13,14). The van der Waals surface area contributed by atoms with Crippen LogP contribution in [0.1, 0.15) is 19.8 Å². The second-order valence-corrected chi connectivity index (χ2v) is 3.61. The Kier molecular flexibility index (Phi) is 3.88. The third-order valence-electron chi connectivity index (χ3n) is 2.31. The predicted molar refractivity (Wildman–Crippen MR) is 50.9 cm³/mol. The number of nitrogens with zero attached hydrogens (tertiary/aromatic N) is 1. The highest BCUT2D eigenvalue weighted by molar-refractivity contribution is 5.84. The Morgan fingerprint density at radius 1 is 1.43 bits per heavy atom. The van der Waals surface area contributed by atoms with Crippen LogP contribution >= 0.6 is 0 Å². The zero-order valence-corrected chi connectivity index (χ0v) is 8.32. The van der Waals surface area contributed by atoms with E-state index in [2.05, 4.69) is 5.32 Å². The minimum Gasteiger partial charge on any atom is -0.480 e. The number of hydrogen-bond donors (Lipinski definition) is 2. The average molecular weight is 200 g/mol. The number of carbonyl (C=O) groups is 2. The zero-order chi connectivity index (χ0) is 10.6. The van der Waals surface area contributed by atoms with Crippen molar-refractivity contribution < 1.29 is 14.7 Å². The van der Waals surface area contributed by atoms with Gasteiger partial charge in [-0.3, -0.25) is 14.5 Å². The van der Waals surface area contributed by atoms with E-state index in [0.717, 1.165) is 25.9 Å². The van der Waals surface area contributed by atoms with Gasteiger partial charge in [0, 0.05) is 0 Å². The summed E-state index contributed by atoms with van der Waals surface area (Å²) in [6.45, 7) is 3.66. The monoisotopic (exact) mass is 200 g/mol. The molecule has 5 heteroatoms. The van der Waals surface area contributed by atoms with Crippen molar-refractivity contribution in [1.29, 1.82) is 0 Å². The number of hydrogen-bond acceptors (Lipinski definition) is 3. The van der Waals surface area contributed by atoms with Gasteiger partial charge in [-0.1, -0.05) is 0 Å². The van der Waals surface area contributed by atoms with Gasteiger partial charge in [0.1, 0.15) is 6.04 Å². The van der Waals surface area contributed by atoms with Crippen molar-refractivity contribution in [3.8, 4) is 0 Å². The molecular formula is C9H16N2O3. The molecule has 0 saturated carbocycles. The molecular weight excluding hydrogens is 184 g/mol. The molecule has 1 unspecified atom stereocenters. The highest BCUT2D eigenvalue weighted by Crippen LogP contribution is 2.05. The molecule has 1 aliphatic rings. The summed E-state index contributed by atoms with van der Waals surface area (Å²) in [5.41, 5.74) is 0. The van der Waals surface area contributed by atoms with Gasteiger partial charge in [0.2, 0.25) is 5.91 Å². The van der Waals surface area contributed by atoms with Crippen LogP contribution in [0.15, 0.2) is 0 Å². The molecule has 1 heterocycles. The maximum atomic E-state index is 11.3. The van der Waals surface area contributed by atoms with Gasteiger partial charge >= 0.3 is 5.97 Å². The summed E-state index contributed by atoms with van der Waals surface area (Å²) in [4.78, 5) is 23.8. The van der Waals surface area contributed by atoms with E-state index in [-0.39, 0.29) is 5.91 Å². The molecule has 2 N–H and O–H groups in total. The third kappa shape index (κ3) is 3.33. The quantitative estimate of drug-likeness (QED) is 0.652. The van der Waals surface area contributed by atoms with Gasteiger partial charge in [-0.15, -0.1) is 0 Å². The molecule has 0 aromatic carbocycles. The van der Waals surface area contributed by atoms with Crippen LogP contribution in [0, 0.1) is 0 Å². The van der Waals surface area contributed by atoms with Gasteiger partial charge in [0.25, 0.3) is 0 Å². The lowest BCUT2D eigenvalue weighted by Gasteiger charge is -2.15. The van der Waals surface area contributed by atoms with Crippen molar-refractivity contribution in [1.82, 2.24) is 10.2 Å². The Hall–Kier alpha value is -1.10. The number of carbonyl (C=O) groups excluding carboxylic acids is 1. The molecule has 14 heavy (non-hydrogen) atoms. The van der Waals surface area contributed by atoms with Crippen molar-refractivity contribution in [3.63, 3.8) is 0 Å². The van der Waals surface area contributed by atoms with Crippen LogP contribution in [0.4, 0.5) is 0 Å². The van der Waals surface area contributed by atoms with Crippen molar-refractivity contribution in [3.05, 3.63) is 0 Å². The van der Waals surface area contributed by atoms with Crippen molar-refractivity contribution in [2.45, 2.75) is 25.8 Å². The summed E-state index contributed by atoms with van der Waals surface area (Å²) >= 11 is 0. The van der Waals surface area contributed by atoms with E-state index in [0.29, 0.717) is 6.54 Å². The summed E-state index contributed by atoms with van der Waals surface area (Å²) < 4.78 is 0. The first kappa shape index (κ1) is 11.0. The van der Waals surface area contributed by atoms with Crippen LogP contribution in [0.25, 0.3) is 0 Å². The van der Waals surface area contributed by atoms with E-state index in [4.69, 9.17) is 5.11 Å². The molecule has 0 spiro atoms. The molecule has 1 rings (SSSR count). The molecule has 1 fully saturated rings. The summed E-state index contributed by atoms with van der Waals surface area (Å²) in [7, 11) is 0. The molecule has 5 nitrogen and oxygen atoms in total. The van der Waals surface area contributed by atoms with Gasteiger partial charge in [-0.05, 0) is 32.9 Å². The van der Waals surface area contributed by atoms with E-state index < -0.39 is 12.0 Å². The molecule has 0 aromatic rings. The Bertz CT molecular complexity index is 224. The van der Waals surface area contributed by atoms with Gasteiger partial charge in [0.15, 0.2) is 0 Å². The van der Waals surface area contributed by atoms with E-state index in [1.54, 1.807) is 0 Å². The van der Waals surface area contributed by atoms with Crippen LogP contribution in [0.3, 0.4) is 0 Å². The molecule has 0 radical (unpaired) electrons. The summed E-state index contributed by atoms with van der Waals surface area (Å²) in [5, 5.41) is 11.0. The maximum Gasteiger partial charge on any atom is 0.325 e. The largest absolute Gasteiger partial charge is 0.480 e. The second-order valence-electron chi connectivity index (χ2n) is 3.61. The van der Waals surface area contributed by atoms with Crippen LogP contribution in [0.2, 0.25) is 0 Å². The number of likely N-dealkylation sites (tertiary alicyclic amines) is 1. The van der Waals surface area contributed by atoms with Crippen LogP contribution in [-0.2, 0) is 9.59 Å². The van der Waals surface area contributed by atoms with Crippen molar-refractivity contribution in [2.75, 3.05) is 19.6 Å². The molecule has 1 saturated heterocycles. The number of amides is 1. The molecule has 80 valence electrons. The van der Waals surface area contributed by atoms with Gasteiger partial charge < -0.3 is 10.4 Å². The molecule has 1 amide bonds. The maximum absolute atomic E-state index is 11.3. The predicted octanol–water partition coefficient (Wildman–Crippen LogP) is -0.328. The van der Waals surface area contributed by atoms with E-state index in [1.165, 1.54) is 6.92 Å². The summed E-state index contributed by atoms with van der Waals surface area (Å²) in [6.07, 6.45) is 2.25. The van der Waals surface area contributed by atoms with Gasteiger partial charge in [-0.25, -0.2) is 0 Å². The number of rotatable bonds is 4. The van der Waals surface area contributed by atoms with Gasteiger partial charge in [0.05, 0.1) is 6.54 Å². The number of carboxylic acids is 1. The lowest BCUT2D eigenvalue weighted by atomic mass is 10.3. The van der Waals surface area contributed by atoms with Crippen LogP contribution in [-0.4, -0.2) is 47.6 Å². The van der Waals surface area contributed by atoms with Crippen molar-refractivity contribution >= 4 is 11.9 Å². The SMILES string of the molecule is CC(NC(=O)CN1CCCC1)C(=O)O. The van der Waals surface area contributed by atoms with Crippen LogP contribution in [0.5, 0.6) is 0 Å². The molecule has 1 aliphatic heterocycles. The first-order valence-electron chi connectivity index (χ1n) is 4.84. The minimum absolute atomic E-state index is 0.207. The zero-order valence-electron chi connectivity index (χ0n) is 8.32. The molecule has 0 bridgehead atoms. The fraction of sp³-hybridized carbons (Fsp3) is 0.778. The Labute approximate surface area is 83.1 Å². The van der Waals surface area contributed by atoms with E-state index >= 15 is 0 Å². The average Bonchev–Trinajstić information content (AvgIpc) is 2.56. The number of nitrogens with one attached hydrogen (secondary N) is 1. The van der Waals surface area contributed by atoms with Gasteiger partial charge in [-0.2, -0.15) is 0 Å². The Balaban J connectivity index is 2.24. The number of aliphatic carboxylic acids is 1. The Morgan fingerprint density at radius 3 is 2.50 bits per heavy atom. The summed E-state index contributed by atoms with van der Waals surface area (Å²) in [5.74, 6) is -1.21. The topological polar surface area (TPSA) is 69.6 Å². The molecule has 0 aliphatic carbocycles. The van der Waals surface area contributed by atoms with Crippen LogP contribution < -0.4 is 5.32 Å². The highest BCUT2D eigenvalue weighted by Gasteiger charge is 2.18. The normalized spacial score (nSPS) is 19.2.